The van der Waals surface area contributed by atoms with Crippen LogP contribution in [0, 0.1) is 0 Å². The lowest BCUT2D eigenvalue weighted by Gasteiger charge is -2.05. The summed E-state index contributed by atoms with van der Waals surface area (Å²) in [7, 11) is 0. The van der Waals surface area contributed by atoms with Crippen LogP contribution < -0.4 is 5.32 Å². The number of furan rings is 1. The predicted octanol–water partition coefficient (Wildman–Crippen LogP) is 7.81. The molecule has 0 bridgehead atoms. The summed E-state index contributed by atoms with van der Waals surface area (Å²) in [5.74, 6) is 0.909. The van der Waals surface area contributed by atoms with Gasteiger partial charge in [-0.15, -0.1) is 0 Å². The molecule has 2 aromatic heterocycles. The third kappa shape index (κ3) is 3.72. The Morgan fingerprint density at radius 1 is 0.794 bits per heavy atom. The highest BCUT2D eigenvalue weighted by atomic mass is 35.5. The molecular formula is C28H17ClN2O3. The van der Waals surface area contributed by atoms with Crippen LogP contribution in [-0.2, 0) is 0 Å². The van der Waals surface area contributed by atoms with Gasteiger partial charge in [0.2, 0.25) is 5.89 Å². The standard InChI is InChI=1S/C28H17ClN2O3/c29-20-8-3-6-18(15-20)23-13-14-25(33-23)27(32)30-21-9-4-7-19(16-21)28-31-26-22-10-2-1-5-17(22)11-12-24(26)34-28/h1-16H,(H,30,32). The van der Waals surface area contributed by atoms with Crippen molar-refractivity contribution in [2.45, 2.75) is 0 Å². The Morgan fingerprint density at radius 2 is 1.65 bits per heavy atom. The zero-order valence-corrected chi connectivity index (χ0v) is 18.5. The van der Waals surface area contributed by atoms with Gasteiger partial charge in [-0.1, -0.05) is 60.1 Å². The molecule has 0 atom stereocenters. The van der Waals surface area contributed by atoms with Crippen LogP contribution in [0.25, 0.3) is 44.7 Å². The summed E-state index contributed by atoms with van der Waals surface area (Å²) in [6.45, 7) is 0. The molecule has 0 radical (unpaired) electrons. The number of anilines is 1. The van der Waals surface area contributed by atoms with Crippen LogP contribution in [0.1, 0.15) is 10.6 Å². The Kier molecular flexibility index (Phi) is 4.90. The van der Waals surface area contributed by atoms with E-state index >= 15 is 0 Å². The van der Waals surface area contributed by atoms with Gasteiger partial charge in [0.15, 0.2) is 11.3 Å². The van der Waals surface area contributed by atoms with E-state index in [4.69, 9.17) is 25.4 Å². The van der Waals surface area contributed by atoms with Gasteiger partial charge in [-0.25, -0.2) is 4.98 Å². The minimum Gasteiger partial charge on any atom is -0.451 e. The largest absolute Gasteiger partial charge is 0.451 e. The Morgan fingerprint density at radius 3 is 2.56 bits per heavy atom. The van der Waals surface area contributed by atoms with Crippen molar-refractivity contribution in [1.82, 2.24) is 4.98 Å². The highest BCUT2D eigenvalue weighted by Crippen LogP contribution is 2.31. The Bertz CT molecular complexity index is 1680. The molecule has 0 saturated heterocycles. The fourth-order valence-corrected chi connectivity index (χ4v) is 4.15. The second kappa shape index (κ2) is 8.21. The zero-order valence-electron chi connectivity index (χ0n) is 17.8. The van der Waals surface area contributed by atoms with E-state index in [9.17, 15) is 4.79 Å². The van der Waals surface area contributed by atoms with Crippen molar-refractivity contribution in [3.05, 3.63) is 108 Å². The monoisotopic (exact) mass is 464 g/mol. The zero-order chi connectivity index (χ0) is 23.1. The van der Waals surface area contributed by atoms with E-state index in [0.29, 0.717) is 27.9 Å². The van der Waals surface area contributed by atoms with Crippen molar-refractivity contribution in [3.63, 3.8) is 0 Å². The van der Waals surface area contributed by atoms with Gasteiger partial charge in [0.1, 0.15) is 11.3 Å². The maximum absolute atomic E-state index is 12.8. The van der Waals surface area contributed by atoms with Crippen LogP contribution in [0.3, 0.4) is 0 Å². The molecule has 0 fully saturated rings. The highest BCUT2D eigenvalue weighted by Gasteiger charge is 2.15. The van der Waals surface area contributed by atoms with Crippen molar-refractivity contribution in [2.24, 2.45) is 0 Å². The summed E-state index contributed by atoms with van der Waals surface area (Å²) in [6.07, 6.45) is 0. The number of halogens is 1. The summed E-state index contributed by atoms with van der Waals surface area (Å²) in [4.78, 5) is 17.5. The SMILES string of the molecule is O=C(Nc1cccc(-c2nc3c(ccc4ccccc43)o2)c1)c1ccc(-c2cccc(Cl)c2)o1. The van der Waals surface area contributed by atoms with Crippen molar-refractivity contribution in [1.29, 1.82) is 0 Å². The smallest absolute Gasteiger partial charge is 0.291 e. The normalized spacial score (nSPS) is 11.2. The fourth-order valence-electron chi connectivity index (χ4n) is 3.96. The van der Waals surface area contributed by atoms with E-state index in [1.807, 2.05) is 66.7 Å². The van der Waals surface area contributed by atoms with Crippen molar-refractivity contribution < 1.29 is 13.6 Å². The average molecular weight is 465 g/mol. The summed E-state index contributed by atoms with van der Waals surface area (Å²) in [5.41, 5.74) is 3.70. The molecule has 6 heteroatoms. The molecule has 1 amide bonds. The molecule has 0 spiro atoms. The van der Waals surface area contributed by atoms with Crippen LogP contribution in [0.5, 0.6) is 0 Å². The second-order valence-electron chi connectivity index (χ2n) is 7.86. The van der Waals surface area contributed by atoms with Crippen LogP contribution >= 0.6 is 11.6 Å². The number of aromatic nitrogens is 1. The first kappa shape index (κ1) is 20.3. The Hall–Kier alpha value is -4.35. The molecule has 164 valence electrons. The Labute approximate surface area is 199 Å². The summed E-state index contributed by atoms with van der Waals surface area (Å²) < 4.78 is 11.8. The predicted molar refractivity (Wildman–Crippen MR) is 134 cm³/mol. The molecular weight excluding hydrogens is 448 g/mol. The summed E-state index contributed by atoms with van der Waals surface area (Å²) in [6, 6.07) is 30.0. The average Bonchev–Trinajstić information content (AvgIpc) is 3.52. The first-order valence-corrected chi connectivity index (χ1v) is 11.1. The number of nitrogens with one attached hydrogen (secondary N) is 1. The molecule has 0 aliphatic rings. The third-order valence-corrected chi connectivity index (χ3v) is 5.82. The van der Waals surface area contributed by atoms with E-state index in [0.717, 1.165) is 27.4 Å². The molecule has 4 aromatic carbocycles. The fraction of sp³-hybridized carbons (Fsp3) is 0. The second-order valence-corrected chi connectivity index (χ2v) is 8.30. The number of fused-ring (bicyclic) bond motifs is 3. The van der Waals surface area contributed by atoms with Crippen LogP contribution in [0.15, 0.2) is 106 Å². The molecule has 1 N–H and O–H groups in total. The lowest BCUT2D eigenvalue weighted by molar-refractivity contribution is 0.0997. The minimum absolute atomic E-state index is 0.203. The van der Waals surface area contributed by atoms with Gasteiger partial charge < -0.3 is 14.2 Å². The van der Waals surface area contributed by atoms with Crippen molar-refractivity contribution in [3.8, 4) is 22.8 Å². The molecule has 0 aliphatic carbocycles. The third-order valence-electron chi connectivity index (χ3n) is 5.59. The van der Waals surface area contributed by atoms with Crippen molar-refractivity contribution in [2.75, 3.05) is 5.32 Å². The number of hydrogen-bond acceptors (Lipinski definition) is 4. The molecule has 0 unspecified atom stereocenters. The lowest BCUT2D eigenvalue weighted by atomic mass is 10.1. The van der Waals surface area contributed by atoms with Crippen LogP contribution in [0.4, 0.5) is 5.69 Å². The molecule has 34 heavy (non-hydrogen) atoms. The number of oxazole rings is 1. The lowest BCUT2D eigenvalue weighted by Crippen LogP contribution is -2.10. The number of carbonyl (C=O) groups is 1. The minimum atomic E-state index is -0.353. The summed E-state index contributed by atoms with van der Waals surface area (Å²) >= 11 is 6.06. The maximum Gasteiger partial charge on any atom is 0.291 e. The molecule has 5 nitrogen and oxygen atoms in total. The van der Waals surface area contributed by atoms with Gasteiger partial charge in [-0.3, -0.25) is 4.79 Å². The quantitative estimate of drug-likeness (QED) is 0.289. The number of hydrogen-bond donors (Lipinski definition) is 1. The van der Waals surface area contributed by atoms with E-state index in [2.05, 4.69) is 5.32 Å². The van der Waals surface area contributed by atoms with E-state index in [1.165, 1.54) is 0 Å². The van der Waals surface area contributed by atoms with Crippen LogP contribution in [0.2, 0.25) is 5.02 Å². The maximum atomic E-state index is 12.8. The van der Waals surface area contributed by atoms with Gasteiger partial charge in [0.05, 0.1) is 0 Å². The number of amides is 1. The molecule has 2 heterocycles. The molecule has 0 aliphatic heterocycles. The number of nitrogens with zero attached hydrogens (tertiary/aromatic N) is 1. The number of rotatable bonds is 4. The van der Waals surface area contributed by atoms with E-state index in [1.54, 1.807) is 30.3 Å². The van der Waals surface area contributed by atoms with Gasteiger partial charge in [-0.05, 0) is 53.9 Å². The Balaban J connectivity index is 1.27. The van der Waals surface area contributed by atoms with Crippen molar-refractivity contribution >= 4 is 45.1 Å². The van der Waals surface area contributed by atoms with Gasteiger partial charge in [0, 0.05) is 27.2 Å². The van der Waals surface area contributed by atoms with Crippen LogP contribution in [-0.4, -0.2) is 10.9 Å². The topological polar surface area (TPSA) is 68.3 Å². The number of carbonyl (C=O) groups excluding carboxylic acids is 1. The van der Waals surface area contributed by atoms with E-state index in [-0.39, 0.29) is 11.7 Å². The molecule has 6 rings (SSSR count). The van der Waals surface area contributed by atoms with E-state index < -0.39 is 0 Å². The first-order valence-electron chi connectivity index (χ1n) is 10.7. The van der Waals surface area contributed by atoms with Gasteiger partial charge >= 0.3 is 0 Å². The van der Waals surface area contributed by atoms with Gasteiger partial charge in [0.25, 0.3) is 5.91 Å². The highest BCUT2D eigenvalue weighted by molar-refractivity contribution is 6.30. The van der Waals surface area contributed by atoms with Gasteiger partial charge in [-0.2, -0.15) is 0 Å². The first-order chi connectivity index (χ1) is 16.6. The molecule has 6 aromatic rings. The number of benzene rings is 4. The summed E-state index contributed by atoms with van der Waals surface area (Å²) in [5, 5.41) is 5.62. The molecule has 0 saturated carbocycles.